The fourth-order valence-corrected chi connectivity index (χ4v) is 1.91. The summed E-state index contributed by atoms with van der Waals surface area (Å²) >= 11 is 0. The van der Waals surface area contributed by atoms with Gasteiger partial charge in [-0.3, -0.25) is 0 Å². The van der Waals surface area contributed by atoms with Crippen LogP contribution in [0.2, 0.25) is 0 Å². The molecule has 4 heteroatoms. The molecule has 0 aliphatic rings. The molecule has 96 valence electrons. The van der Waals surface area contributed by atoms with Crippen molar-refractivity contribution in [3.63, 3.8) is 0 Å². The van der Waals surface area contributed by atoms with Crippen LogP contribution in [0.5, 0.6) is 0 Å². The molecule has 18 heavy (non-hydrogen) atoms. The Kier molecular flexibility index (Phi) is 4.10. The van der Waals surface area contributed by atoms with Crippen molar-refractivity contribution in [1.29, 1.82) is 0 Å². The van der Waals surface area contributed by atoms with Gasteiger partial charge in [-0.25, -0.2) is 0 Å². The maximum absolute atomic E-state index is 4.07. The van der Waals surface area contributed by atoms with Crippen molar-refractivity contribution in [3.8, 4) is 0 Å². The SMILES string of the molecule is Cc1ccc(C(C)NCCc2nncn2C)cc1. The number of aryl methyl sites for hydroxylation is 2. The molecule has 1 aromatic carbocycles. The third-order valence-electron chi connectivity index (χ3n) is 3.18. The summed E-state index contributed by atoms with van der Waals surface area (Å²) in [4.78, 5) is 0. The smallest absolute Gasteiger partial charge is 0.133 e. The van der Waals surface area contributed by atoms with Crippen LogP contribution in [0.4, 0.5) is 0 Å². The molecule has 1 unspecified atom stereocenters. The standard InChI is InChI=1S/C14H20N4/c1-11-4-6-13(7-5-11)12(2)15-9-8-14-17-16-10-18(14)3/h4-7,10,12,15H,8-9H2,1-3H3. The number of hydrogen-bond donors (Lipinski definition) is 1. The summed E-state index contributed by atoms with van der Waals surface area (Å²) in [5.41, 5.74) is 2.61. The van der Waals surface area contributed by atoms with Gasteiger partial charge >= 0.3 is 0 Å². The van der Waals surface area contributed by atoms with E-state index < -0.39 is 0 Å². The molecule has 1 N–H and O–H groups in total. The zero-order chi connectivity index (χ0) is 13.0. The number of aromatic nitrogens is 3. The minimum absolute atomic E-state index is 0.360. The number of hydrogen-bond acceptors (Lipinski definition) is 3. The second kappa shape index (κ2) is 5.78. The van der Waals surface area contributed by atoms with Crippen LogP contribution < -0.4 is 5.32 Å². The molecule has 1 aromatic heterocycles. The molecular weight excluding hydrogens is 224 g/mol. The van der Waals surface area contributed by atoms with Gasteiger partial charge in [-0.2, -0.15) is 0 Å². The van der Waals surface area contributed by atoms with E-state index in [4.69, 9.17) is 0 Å². The second-order valence-corrected chi connectivity index (χ2v) is 4.69. The van der Waals surface area contributed by atoms with Crippen molar-refractivity contribution in [2.45, 2.75) is 26.3 Å². The summed E-state index contributed by atoms with van der Waals surface area (Å²) in [5.74, 6) is 1.01. The maximum Gasteiger partial charge on any atom is 0.133 e. The Morgan fingerprint density at radius 2 is 2.00 bits per heavy atom. The lowest BCUT2D eigenvalue weighted by molar-refractivity contribution is 0.564. The predicted octanol–water partition coefficient (Wildman–Crippen LogP) is 2.02. The van der Waals surface area contributed by atoms with Gasteiger partial charge in [-0.15, -0.1) is 10.2 Å². The highest BCUT2D eigenvalue weighted by Crippen LogP contribution is 2.12. The van der Waals surface area contributed by atoms with Gasteiger partial charge in [0.05, 0.1) is 0 Å². The number of rotatable bonds is 5. The average Bonchev–Trinajstić information content (AvgIpc) is 2.76. The Morgan fingerprint density at radius 1 is 1.28 bits per heavy atom. The second-order valence-electron chi connectivity index (χ2n) is 4.69. The first-order chi connectivity index (χ1) is 8.66. The predicted molar refractivity (Wildman–Crippen MR) is 72.3 cm³/mol. The fourth-order valence-electron chi connectivity index (χ4n) is 1.91. The van der Waals surface area contributed by atoms with Gasteiger partial charge in [0.1, 0.15) is 12.2 Å². The normalized spacial score (nSPS) is 12.6. The summed E-state index contributed by atoms with van der Waals surface area (Å²) in [6.45, 7) is 5.19. The van der Waals surface area contributed by atoms with E-state index in [0.29, 0.717) is 6.04 Å². The maximum atomic E-state index is 4.07. The number of nitrogens with one attached hydrogen (secondary N) is 1. The Bertz CT molecular complexity index is 487. The van der Waals surface area contributed by atoms with Gasteiger partial charge in [0.15, 0.2) is 0 Å². The van der Waals surface area contributed by atoms with Crippen molar-refractivity contribution in [3.05, 3.63) is 47.5 Å². The largest absolute Gasteiger partial charge is 0.321 e. The van der Waals surface area contributed by atoms with Crippen LogP contribution in [0.1, 0.15) is 29.9 Å². The van der Waals surface area contributed by atoms with Crippen LogP contribution in [0.15, 0.2) is 30.6 Å². The Labute approximate surface area is 108 Å². The van der Waals surface area contributed by atoms with Crippen molar-refractivity contribution in [2.24, 2.45) is 7.05 Å². The Hall–Kier alpha value is -1.68. The van der Waals surface area contributed by atoms with E-state index in [1.165, 1.54) is 11.1 Å². The van der Waals surface area contributed by atoms with Crippen molar-refractivity contribution < 1.29 is 0 Å². The van der Waals surface area contributed by atoms with E-state index in [1.807, 2.05) is 11.6 Å². The van der Waals surface area contributed by atoms with E-state index in [9.17, 15) is 0 Å². The molecule has 1 heterocycles. The molecule has 0 aliphatic carbocycles. The highest BCUT2D eigenvalue weighted by Gasteiger charge is 2.05. The highest BCUT2D eigenvalue weighted by atomic mass is 15.2. The van der Waals surface area contributed by atoms with Crippen molar-refractivity contribution >= 4 is 0 Å². The summed E-state index contributed by atoms with van der Waals surface area (Å²) < 4.78 is 1.96. The first-order valence-electron chi connectivity index (χ1n) is 6.29. The minimum Gasteiger partial charge on any atom is -0.321 e. The summed E-state index contributed by atoms with van der Waals surface area (Å²) in [6, 6.07) is 9.01. The highest BCUT2D eigenvalue weighted by molar-refractivity contribution is 5.23. The van der Waals surface area contributed by atoms with E-state index in [1.54, 1.807) is 6.33 Å². The molecule has 0 spiro atoms. The molecule has 2 rings (SSSR count). The van der Waals surface area contributed by atoms with Crippen LogP contribution >= 0.6 is 0 Å². The van der Waals surface area contributed by atoms with Gasteiger partial charge in [0, 0.05) is 26.1 Å². The monoisotopic (exact) mass is 244 g/mol. The quantitative estimate of drug-likeness (QED) is 0.875. The Morgan fingerprint density at radius 3 is 2.61 bits per heavy atom. The van der Waals surface area contributed by atoms with Gasteiger partial charge in [0.2, 0.25) is 0 Å². The Balaban J connectivity index is 1.83. The van der Waals surface area contributed by atoms with E-state index in [-0.39, 0.29) is 0 Å². The van der Waals surface area contributed by atoms with E-state index in [2.05, 4.69) is 53.6 Å². The summed E-state index contributed by atoms with van der Waals surface area (Å²) in [5, 5.41) is 11.4. The minimum atomic E-state index is 0.360. The fraction of sp³-hybridized carbons (Fsp3) is 0.429. The molecule has 0 bridgehead atoms. The lowest BCUT2D eigenvalue weighted by Gasteiger charge is -2.14. The third-order valence-corrected chi connectivity index (χ3v) is 3.18. The molecule has 0 fully saturated rings. The van der Waals surface area contributed by atoms with Gasteiger partial charge in [-0.05, 0) is 19.4 Å². The van der Waals surface area contributed by atoms with Crippen LogP contribution in [-0.4, -0.2) is 21.3 Å². The van der Waals surface area contributed by atoms with Crippen LogP contribution in [0.25, 0.3) is 0 Å². The third kappa shape index (κ3) is 3.17. The summed E-state index contributed by atoms with van der Waals surface area (Å²) in [6.07, 6.45) is 2.63. The molecule has 0 saturated carbocycles. The van der Waals surface area contributed by atoms with E-state index >= 15 is 0 Å². The molecule has 0 radical (unpaired) electrons. The average molecular weight is 244 g/mol. The van der Waals surface area contributed by atoms with Gasteiger partial charge in [-0.1, -0.05) is 29.8 Å². The molecule has 2 aromatic rings. The number of benzene rings is 1. The van der Waals surface area contributed by atoms with Crippen LogP contribution in [-0.2, 0) is 13.5 Å². The van der Waals surface area contributed by atoms with Crippen LogP contribution in [0, 0.1) is 6.92 Å². The van der Waals surface area contributed by atoms with E-state index in [0.717, 1.165) is 18.8 Å². The first-order valence-corrected chi connectivity index (χ1v) is 6.29. The molecule has 4 nitrogen and oxygen atoms in total. The number of nitrogens with zero attached hydrogens (tertiary/aromatic N) is 3. The zero-order valence-electron chi connectivity index (χ0n) is 11.2. The zero-order valence-corrected chi connectivity index (χ0v) is 11.2. The topological polar surface area (TPSA) is 42.7 Å². The van der Waals surface area contributed by atoms with Crippen molar-refractivity contribution in [2.75, 3.05) is 6.54 Å². The van der Waals surface area contributed by atoms with Gasteiger partial charge in [0.25, 0.3) is 0 Å². The lowest BCUT2D eigenvalue weighted by atomic mass is 10.1. The summed E-state index contributed by atoms with van der Waals surface area (Å²) in [7, 11) is 1.97. The lowest BCUT2D eigenvalue weighted by Crippen LogP contribution is -2.22. The molecule has 0 amide bonds. The van der Waals surface area contributed by atoms with Crippen molar-refractivity contribution in [1.82, 2.24) is 20.1 Å². The first kappa shape index (κ1) is 12.8. The molecule has 0 saturated heterocycles. The van der Waals surface area contributed by atoms with Gasteiger partial charge < -0.3 is 9.88 Å². The molecule has 1 atom stereocenters. The van der Waals surface area contributed by atoms with Crippen LogP contribution in [0.3, 0.4) is 0 Å². The molecule has 0 aliphatic heterocycles. The molecular formula is C14H20N4.